The van der Waals surface area contributed by atoms with E-state index in [0.29, 0.717) is 10.6 Å². The highest BCUT2D eigenvalue weighted by Crippen LogP contribution is 2.29. The third kappa shape index (κ3) is 4.48. The van der Waals surface area contributed by atoms with Gasteiger partial charge in [-0.2, -0.15) is 5.10 Å². The van der Waals surface area contributed by atoms with E-state index in [2.05, 4.69) is 10.5 Å². The Labute approximate surface area is 138 Å². The van der Waals surface area contributed by atoms with Gasteiger partial charge in [-0.3, -0.25) is 4.79 Å². The third-order valence-corrected chi connectivity index (χ3v) is 3.44. The number of carbonyl (C=O) groups is 1. The van der Waals surface area contributed by atoms with E-state index < -0.39 is 0 Å². The van der Waals surface area contributed by atoms with Crippen LogP contribution in [0.1, 0.15) is 16.7 Å². The van der Waals surface area contributed by atoms with Gasteiger partial charge < -0.3 is 5.11 Å². The monoisotopic (exact) mass is 336 g/mol. The topological polar surface area (TPSA) is 61.7 Å². The number of halogens is 2. The van der Waals surface area contributed by atoms with Gasteiger partial charge in [0.25, 0.3) is 0 Å². The summed E-state index contributed by atoms with van der Waals surface area (Å²) in [7, 11) is 0. The Hall–Kier alpha value is -2.04. The number of carbonyl (C=O) groups excluding carboxylic acids is 1. The molecule has 1 amide bonds. The van der Waals surface area contributed by atoms with Gasteiger partial charge in [-0.15, -0.1) is 0 Å². The molecule has 22 heavy (non-hydrogen) atoms. The van der Waals surface area contributed by atoms with Crippen molar-refractivity contribution in [2.24, 2.45) is 5.10 Å². The second-order valence-corrected chi connectivity index (χ2v) is 5.62. The molecule has 0 unspecified atom stereocenters. The number of hydrazone groups is 1. The highest BCUT2D eigenvalue weighted by Gasteiger charge is 2.06. The van der Waals surface area contributed by atoms with Crippen LogP contribution in [0.25, 0.3) is 0 Å². The number of phenols is 1. The summed E-state index contributed by atoms with van der Waals surface area (Å²) in [6, 6.07) is 10.6. The maximum Gasteiger partial charge on any atom is 0.244 e. The molecular formula is C16H14Cl2N2O2. The van der Waals surface area contributed by atoms with E-state index in [4.69, 9.17) is 23.2 Å². The lowest BCUT2D eigenvalue weighted by atomic mass is 10.1. The van der Waals surface area contributed by atoms with Crippen LogP contribution in [0.5, 0.6) is 5.75 Å². The van der Waals surface area contributed by atoms with E-state index in [9.17, 15) is 9.90 Å². The molecule has 0 spiro atoms. The van der Waals surface area contributed by atoms with E-state index >= 15 is 0 Å². The molecule has 0 saturated carbocycles. The van der Waals surface area contributed by atoms with Crippen molar-refractivity contribution in [2.45, 2.75) is 13.3 Å². The zero-order valence-corrected chi connectivity index (χ0v) is 13.3. The molecule has 0 saturated heterocycles. The van der Waals surface area contributed by atoms with Gasteiger partial charge in [0, 0.05) is 10.6 Å². The van der Waals surface area contributed by atoms with E-state index in [1.807, 2.05) is 31.2 Å². The quantitative estimate of drug-likeness (QED) is 0.660. The molecule has 0 heterocycles. The molecule has 0 aliphatic rings. The van der Waals surface area contributed by atoms with Crippen LogP contribution in [-0.2, 0) is 11.2 Å². The van der Waals surface area contributed by atoms with Crippen LogP contribution in [0, 0.1) is 6.92 Å². The van der Waals surface area contributed by atoms with Crippen molar-refractivity contribution in [1.29, 1.82) is 0 Å². The standard InChI is InChI=1S/C16H14Cl2N2O2/c1-10-2-4-11(5-3-10)6-15(21)20-19-9-12-7-13(17)8-14(18)16(12)22/h2-5,7-9,22H,6H2,1H3,(H,20,21)/b19-9-. The molecule has 2 N–H and O–H groups in total. The lowest BCUT2D eigenvalue weighted by Gasteiger charge is -2.03. The Morgan fingerprint density at radius 1 is 1.27 bits per heavy atom. The summed E-state index contributed by atoms with van der Waals surface area (Å²) < 4.78 is 0. The number of nitrogens with zero attached hydrogens (tertiary/aromatic N) is 1. The molecule has 114 valence electrons. The number of hydrogen-bond acceptors (Lipinski definition) is 3. The molecule has 6 heteroatoms. The lowest BCUT2D eigenvalue weighted by molar-refractivity contribution is -0.120. The zero-order valence-electron chi connectivity index (χ0n) is 11.8. The van der Waals surface area contributed by atoms with Gasteiger partial charge in [0.05, 0.1) is 17.7 Å². The first-order chi connectivity index (χ1) is 10.5. The molecular weight excluding hydrogens is 323 g/mol. The van der Waals surface area contributed by atoms with Crippen molar-refractivity contribution in [3.63, 3.8) is 0 Å². The van der Waals surface area contributed by atoms with Gasteiger partial charge in [0.15, 0.2) is 0 Å². The van der Waals surface area contributed by atoms with Crippen molar-refractivity contribution < 1.29 is 9.90 Å². The van der Waals surface area contributed by atoms with Crippen LogP contribution < -0.4 is 5.43 Å². The summed E-state index contributed by atoms with van der Waals surface area (Å²) in [4.78, 5) is 11.8. The fourth-order valence-electron chi connectivity index (χ4n) is 1.79. The normalized spacial score (nSPS) is 10.9. The average molecular weight is 337 g/mol. The van der Waals surface area contributed by atoms with E-state index in [1.165, 1.54) is 18.3 Å². The minimum Gasteiger partial charge on any atom is -0.506 e. The molecule has 2 aromatic rings. The molecule has 0 aliphatic heterocycles. The Morgan fingerprint density at radius 2 is 1.95 bits per heavy atom. The van der Waals surface area contributed by atoms with Crippen LogP contribution in [0.2, 0.25) is 10.0 Å². The molecule has 0 aliphatic carbocycles. The van der Waals surface area contributed by atoms with Gasteiger partial charge >= 0.3 is 0 Å². The van der Waals surface area contributed by atoms with Gasteiger partial charge in [-0.05, 0) is 24.6 Å². The summed E-state index contributed by atoms with van der Waals surface area (Å²) in [5.41, 5.74) is 4.75. The average Bonchev–Trinajstić information content (AvgIpc) is 2.46. The van der Waals surface area contributed by atoms with Gasteiger partial charge in [0.1, 0.15) is 5.75 Å². The van der Waals surface area contributed by atoms with E-state index in [1.54, 1.807) is 0 Å². The van der Waals surface area contributed by atoms with Gasteiger partial charge in [-0.25, -0.2) is 5.43 Å². The summed E-state index contributed by atoms with van der Waals surface area (Å²) in [5.74, 6) is -0.393. The van der Waals surface area contributed by atoms with Crippen LogP contribution in [-0.4, -0.2) is 17.2 Å². The highest BCUT2D eigenvalue weighted by molar-refractivity contribution is 6.36. The summed E-state index contributed by atoms with van der Waals surface area (Å²) in [6.45, 7) is 1.98. The van der Waals surface area contributed by atoms with E-state index in [0.717, 1.165) is 11.1 Å². The number of benzene rings is 2. The van der Waals surface area contributed by atoms with Crippen molar-refractivity contribution in [1.82, 2.24) is 5.43 Å². The predicted octanol–water partition coefficient (Wildman–Crippen LogP) is 3.70. The fourth-order valence-corrected chi connectivity index (χ4v) is 2.30. The third-order valence-electron chi connectivity index (χ3n) is 2.94. The molecule has 0 fully saturated rings. The second-order valence-electron chi connectivity index (χ2n) is 4.78. The Morgan fingerprint density at radius 3 is 2.64 bits per heavy atom. The number of amides is 1. The number of nitrogens with one attached hydrogen (secondary N) is 1. The summed E-state index contributed by atoms with van der Waals surface area (Å²) in [5, 5.41) is 14.0. The first-order valence-corrected chi connectivity index (χ1v) is 7.27. The van der Waals surface area contributed by atoms with Crippen LogP contribution in [0.4, 0.5) is 0 Å². The minimum atomic E-state index is -0.257. The Balaban J connectivity index is 1.97. The minimum absolute atomic E-state index is 0.125. The predicted molar refractivity (Wildman–Crippen MR) is 88.7 cm³/mol. The van der Waals surface area contributed by atoms with Crippen LogP contribution in [0.3, 0.4) is 0 Å². The number of aromatic hydroxyl groups is 1. The van der Waals surface area contributed by atoms with Crippen LogP contribution in [0.15, 0.2) is 41.5 Å². The molecule has 4 nitrogen and oxygen atoms in total. The summed E-state index contributed by atoms with van der Waals surface area (Å²) >= 11 is 11.6. The lowest BCUT2D eigenvalue weighted by Crippen LogP contribution is -2.19. The van der Waals surface area contributed by atoms with Crippen molar-refractivity contribution in [2.75, 3.05) is 0 Å². The van der Waals surface area contributed by atoms with Crippen molar-refractivity contribution in [3.05, 3.63) is 63.1 Å². The number of hydrogen-bond donors (Lipinski definition) is 2. The maximum absolute atomic E-state index is 11.8. The van der Waals surface area contributed by atoms with Crippen molar-refractivity contribution in [3.8, 4) is 5.75 Å². The first-order valence-electron chi connectivity index (χ1n) is 6.51. The SMILES string of the molecule is Cc1ccc(CC(=O)N/N=C\c2cc(Cl)cc(Cl)c2O)cc1. The number of phenolic OH excluding ortho intramolecular Hbond substituents is 1. The van der Waals surface area contributed by atoms with E-state index in [-0.39, 0.29) is 23.1 Å². The first kappa shape index (κ1) is 16.3. The second kappa shape index (κ2) is 7.29. The smallest absolute Gasteiger partial charge is 0.244 e. The van der Waals surface area contributed by atoms with Gasteiger partial charge in [0.2, 0.25) is 5.91 Å². The molecule has 0 bridgehead atoms. The molecule has 0 aromatic heterocycles. The van der Waals surface area contributed by atoms with Crippen molar-refractivity contribution >= 4 is 35.3 Å². The molecule has 0 radical (unpaired) electrons. The molecule has 0 atom stereocenters. The van der Waals surface area contributed by atoms with Crippen LogP contribution >= 0.6 is 23.2 Å². The molecule has 2 rings (SSSR count). The summed E-state index contributed by atoms with van der Waals surface area (Å²) in [6.07, 6.45) is 1.51. The maximum atomic E-state index is 11.8. The number of rotatable bonds is 4. The van der Waals surface area contributed by atoms with Gasteiger partial charge in [-0.1, -0.05) is 53.0 Å². The zero-order chi connectivity index (χ0) is 16.1. The Bertz CT molecular complexity index is 713. The number of aryl methyl sites for hydroxylation is 1. The Kier molecular flexibility index (Phi) is 5.41. The largest absolute Gasteiger partial charge is 0.506 e. The molecule has 2 aromatic carbocycles. The highest BCUT2D eigenvalue weighted by atomic mass is 35.5. The fraction of sp³-hybridized carbons (Fsp3) is 0.125.